The van der Waals surface area contributed by atoms with Crippen molar-refractivity contribution in [2.24, 2.45) is 5.92 Å². The highest BCUT2D eigenvalue weighted by Crippen LogP contribution is 2.22. The van der Waals surface area contributed by atoms with E-state index in [0.29, 0.717) is 25.1 Å². The third kappa shape index (κ3) is 7.63. The highest BCUT2D eigenvalue weighted by molar-refractivity contribution is 6.76. The van der Waals surface area contributed by atoms with Crippen molar-refractivity contribution in [1.29, 1.82) is 0 Å². The van der Waals surface area contributed by atoms with Crippen molar-refractivity contribution < 1.29 is 23.9 Å². The second kappa shape index (κ2) is 10.9. The van der Waals surface area contributed by atoms with Crippen LogP contribution >= 0.6 is 0 Å². The Labute approximate surface area is 208 Å². The summed E-state index contributed by atoms with van der Waals surface area (Å²) in [6.45, 7) is 13.4. The molecule has 2 N–H and O–H groups in total. The van der Waals surface area contributed by atoms with E-state index in [2.05, 4.69) is 35.3 Å². The Morgan fingerprint density at radius 3 is 2.60 bits per heavy atom. The highest BCUT2D eigenvalue weighted by Gasteiger charge is 2.35. The van der Waals surface area contributed by atoms with Crippen molar-refractivity contribution in [3.05, 3.63) is 30.1 Å². The molecule has 2 aromatic rings. The maximum absolute atomic E-state index is 13.8. The number of alkyl carbamates (subject to hydrolysis) is 1. The first-order chi connectivity index (χ1) is 16.3. The first-order valence-electron chi connectivity index (χ1n) is 12.2. The lowest BCUT2D eigenvalue weighted by molar-refractivity contribution is -0.122. The molecule has 2 heterocycles. The van der Waals surface area contributed by atoms with E-state index in [9.17, 15) is 14.4 Å². The van der Waals surface area contributed by atoms with Gasteiger partial charge in [-0.1, -0.05) is 31.8 Å². The van der Waals surface area contributed by atoms with Gasteiger partial charge in [0.15, 0.2) is 5.82 Å². The number of fused-ring (bicyclic) bond motifs is 1. The molecule has 0 spiro atoms. The number of imidazole rings is 1. The summed E-state index contributed by atoms with van der Waals surface area (Å²) >= 11 is 0. The Kier molecular flexibility index (Phi) is 8.37. The van der Waals surface area contributed by atoms with Gasteiger partial charge in [0.2, 0.25) is 11.7 Å². The minimum atomic E-state index is -1.27. The molecule has 1 fully saturated rings. The summed E-state index contributed by atoms with van der Waals surface area (Å²) in [5.74, 6) is -0.666. The van der Waals surface area contributed by atoms with E-state index in [-0.39, 0.29) is 36.6 Å². The summed E-state index contributed by atoms with van der Waals surface area (Å²) in [4.78, 5) is 43.2. The summed E-state index contributed by atoms with van der Waals surface area (Å²) in [6.07, 6.45) is 0.0709. The third-order valence-corrected chi connectivity index (χ3v) is 7.49. The summed E-state index contributed by atoms with van der Waals surface area (Å²) in [5.41, 5.74) is 0.720. The molecule has 0 bridgehead atoms. The van der Waals surface area contributed by atoms with Crippen molar-refractivity contribution in [3.8, 4) is 0 Å². The van der Waals surface area contributed by atoms with Crippen LogP contribution in [0.5, 0.6) is 0 Å². The first-order valence-corrected chi connectivity index (χ1v) is 15.9. The molecule has 1 aromatic heterocycles. The molecule has 1 aliphatic heterocycles. The summed E-state index contributed by atoms with van der Waals surface area (Å²) in [6, 6.07) is 7.52. The van der Waals surface area contributed by atoms with Gasteiger partial charge in [-0.3, -0.25) is 14.2 Å². The Balaban J connectivity index is 1.88. The topological polar surface area (TPSA) is 112 Å². The summed E-state index contributed by atoms with van der Waals surface area (Å²) in [7, 11) is -1.27. The molecule has 10 heteroatoms. The average Bonchev–Trinajstić information content (AvgIpc) is 3.31. The fraction of sp³-hybridized carbons (Fsp3) is 0.600. The lowest BCUT2D eigenvalue weighted by atomic mass is 9.95. The van der Waals surface area contributed by atoms with Crippen molar-refractivity contribution in [2.75, 3.05) is 13.2 Å². The Morgan fingerprint density at radius 2 is 1.97 bits per heavy atom. The van der Waals surface area contributed by atoms with Gasteiger partial charge in [-0.25, -0.2) is 9.78 Å². The van der Waals surface area contributed by atoms with Gasteiger partial charge >= 0.3 is 6.09 Å². The number of Topliss-reactive ketones (excluding diaryl/α,β-unsaturated/α-hetero) is 1. The average molecular weight is 503 g/mol. The maximum Gasteiger partial charge on any atom is 0.408 e. The number of ether oxygens (including phenoxy) is 2. The number of rotatable bonds is 10. The predicted molar refractivity (Wildman–Crippen MR) is 137 cm³/mol. The third-order valence-electron chi connectivity index (χ3n) is 5.78. The molecule has 35 heavy (non-hydrogen) atoms. The lowest BCUT2D eigenvalue weighted by Crippen LogP contribution is -2.45. The standard InChI is InChI=1S/C25H38N4O5Si/c1-25(2,3)34-24(32)28-19(15-17-11-12-26-23(17)31)21(30)22-27-18-9-7-8-10-20(18)29(22)16-33-13-14-35(4,5)6/h7-10,17,19H,11-16H2,1-6H3,(H,26,31)(H,28,32)/t17-,19-/m0/s1. The number of ketones is 1. The number of hydrogen-bond acceptors (Lipinski definition) is 6. The SMILES string of the molecule is CC(C)(C)OC(=O)N[C@@H](C[C@@H]1CCNC1=O)C(=O)c1nc2ccccc2n1COCC[Si](C)(C)C. The quantitative estimate of drug-likeness (QED) is 0.289. The Morgan fingerprint density at radius 1 is 1.26 bits per heavy atom. The molecular formula is C25H38N4O5Si. The first kappa shape index (κ1) is 26.9. The van der Waals surface area contributed by atoms with Crippen molar-refractivity contribution >= 4 is 36.9 Å². The molecule has 192 valence electrons. The van der Waals surface area contributed by atoms with Gasteiger partial charge in [-0.15, -0.1) is 0 Å². The van der Waals surface area contributed by atoms with Crippen LogP contribution in [0.2, 0.25) is 25.7 Å². The molecule has 1 saturated heterocycles. The van der Waals surface area contributed by atoms with E-state index in [1.165, 1.54) is 0 Å². The number of carbonyl (C=O) groups is 3. The monoisotopic (exact) mass is 502 g/mol. The zero-order chi connectivity index (χ0) is 25.8. The van der Waals surface area contributed by atoms with E-state index in [0.717, 1.165) is 11.6 Å². The van der Waals surface area contributed by atoms with E-state index < -0.39 is 25.8 Å². The van der Waals surface area contributed by atoms with Crippen molar-refractivity contribution in [1.82, 2.24) is 20.2 Å². The highest BCUT2D eigenvalue weighted by atomic mass is 28.3. The van der Waals surface area contributed by atoms with Crippen LogP contribution in [0.15, 0.2) is 24.3 Å². The second-order valence-corrected chi connectivity index (χ2v) is 16.9. The summed E-state index contributed by atoms with van der Waals surface area (Å²) in [5, 5.41) is 5.49. The van der Waals surface area contributed by atoms with Gasteiger partial charge in [-0.05, 0) is 51.8 Å². The fourth-order valence-electron chi connectivity index (χ4n) is 3.92. The largest absolute Gasteiger partial charge is 0.444 e. The van der Waals surface area contributed by atoms with Gasteiger partial charge < -0.3 is 20.1 Å². The van der Waals surface area contributed by atoms with Gasteiger partial charge in [-0.2, -0.15) is 0 Å². The zero-order valence-electron chi connectivity index (χ0n) is 21.6. The molecule has 0 aliphatic carbocycles. The van der Waals surface area contributed by atoms with Gasteiger partial charge in [0.25, 0.3) is 0 Å². The van der Waals surface area contributed by atoms with Crippen LogP contribution in [0.4, 0.5) is 4.79 Å². The molecule has 0 unspecified atom stereocenters. The normalized spacial score (nSPS) is 17.3. The van der Waals surface area contributed by atoms with E-state index in [1.807, 2.05) is 24.3 Å². The summed E-state index contributed by atoms with van der Waals surface area (Å²) < 4.78 is 13.1. The van der Waals surface area contributed by atoms with Crippen LogP contribution in [0.3, 0.4) is 0 Å². The van der Waals surface area contributed by atoms with Crippen LogP contribution < -0.4 is 10.6 Å². The number of benzene rings is 1. The van der Waals surface area contributed by atoms with Crippen LogP contribution in [0, 0.1) is 5.92 Å². The minimum absolute atomic E-state index is 0.114. The molecular weight excluding hydrogens is 464 g/mol. The van der Waals surface area contributed by atoms with Crippen molar-refractivity contribution in [2.45, 2.75) is 77.7 Å². The number of para-hydroxylation sites is 2. The molecule has 2 amide bonds. The minimum Gasteiger partial charge on any atom is -0.444 e. The van der Waals surface area contributed by atoms with Crippen LogP contribution in [-0.2, 0) is 21.0 Å². The second-order valence-electron chi connectivity index (χ2n) is 11.3. The van der Waals surface area contributed by atoms with Crippen LogP contribution in [0.25, 0.3) is 11.0 Å². The molecule has 3 rings (SSSR count). The number of nitrogens with zero attached hydrogens (tertiary/aromatic N) is 2. The lowest BCUT2D eigenvalue weighted by Gasteiger charge is -2.24. The number of amides is 2. The van der Waals surface area contributed by atoms with Gasteiger partial charge in [0, 0.05) is 27.1 Å². The Bertz CT molecular complexity index is 1070. The molecule has 0 saturated carbocycles. The fourth-order valence-corrected chi connectivity index (χ4v) is 4.68. The number of carbonyl (C=O) groups excluding carboxylic acids is 3. The molecule has 2 atom stereocenters. The Hall–Kier alpha value is -2.72. The van der Waals surface area contributed by atoms with E-state index >= 15 is 0 Å². The number of hydrogen-bond donors (Lipinski definition) is 2. The van der Waals surface area contributed by atoms with Crippen LogP contribution in [0.1, 0.15) is 44.2 Å². The smallest absolute Gasteiger partial charge is 0.408 e. The molecule has 1 aliphatic rings. The molecule has 9 nitrogen and oxygen atoms in total. The zero-order valence-corrected chi connectivity index (χ0v) is 22.6. The van der Waals surface area contributed by atoms with E-state index in [4.69, 9.17) is 9.47 Å². The number of nitrogens with one attached hydrogen (secondary N) is 2. The maximum atomic E-state index is 13.8. The van der Waals surface area contributed by atoms with Gasteiger partial charge in [0.05, 0.1) is 17.1 Å². The van der Waals surface area contributed by atoms with E-state index in [1.54, 1.807) is 25.3 Å². The molecule has 1 aromatic carbocycles. The van der Waals surface area contributed by atoms with Crippen molar-refractivity contribution in [3.63, 3.8) is 0 Å². The molecule has 0 radical (unpaired) electrons. The van der Waals surface area contributed by atoms with Gasteiger partial charge in [0.1, 0.15) is 12.3 Å². The number of aromatic nitrogens is 2. The predicted octanol–water partition coefficient (Wildman–Crippen LogP) is 3.95. The van der Waals surface area contributed by atoms with Crippen LogP contribution in [-0.4, -0.2) is 60.2 Å².